The van der Waals surface area contributed by atoms with Crippen LogP contribution >= 0.6 is 0 Å². The quantitative estimate of drug-likeness (QED) is 0.876. The fraction of sp³-hybridized carbons (Fsp3) is 0. The van der Waals surface area contributed by atoms with Crippen molar-refractivity contribution < 1.29 is 13.2 Å². The second-order valence-electron chi connectivity index (χ2n) is 4.11. The van der Waals surface area contributed by atoms with Crippen LogP contribution in [0.25, 0.3) is 0 Å². The van der Waals surface area contributed by atoms with E-state index in [2.05, 4.69) is 5.32 Å². The van der Waals surface area contributed by atoms with Gasteiger partial charge in [-0.25, -0.2) is 13.1 Å². The molecule has 0 saturated carbocycles. The Labute approximate surface area is 110 Å². The Kier molecular flexibility index (Phi) is 2.53. The summed E-state index contributed by atoms with van der Waals surface area (Å²) in [6.45, 7) is 0. The molecular weight excluding hydrogens is 264 g/mol. The molecule has 0 unspecified atom stereocenters. The fourth-order valence-corrected chi connectivity index (χ4v) is 3.32. The van der Waals surface area contributed by atoms with Crippen molar-refractivity contribution in [1.82, 2.24) is 4.72 Å². The topological polar surface area (TPSA) is 75.3 Å². The number of hydrogen-bond acceptors (Lipinski definition) is 4. The Hall–Kier alpha value is -2.34. The Morgan fingerprint density at radius 3 is 2.42 bits per heavy atom. The molecule has 2 N–H and O–H groups in total. The Bertz CT molecular complexity index is 755. The summed E-state index contributed by atoms with van der Waals surface area (Å²) in [5.41, 5.74) is 1.31. The van der Waals surface area contributed by atoms with Gasteiger partial charge in [0.1, 0.15) is 4.90 Å². The first-order valence-electron chi connectivity index (χ1n) is 5.60. The van der Waals surface area contributed by atoms with Gasteiger partial charge >= 0.3 is 0 Å². The van der Waals surface area contributed by atoms with Gasteiger partial charge < -0.3 is 5.32 Å². The van der Waals surface area contributed by atoms with Crippen molar-refractivity contribution in [2.75, 3.05) is 5.32 Å². The summed E-state index contributed by atoms with van der Waals surface area (Å²) >= 11 is 0. The molecule has 0 fully saturated rings. The molecule has 6 heteroatoms. The molecule has 5 nitrogen and oxygen atoms in total. The van der Waals surface area contributed by atoms with Crippen LogP contribution in [0.2, 0.25) is 0 Å². The lowest BCUT2D eigenvalue weighted by molar-refractivity contribution is 0.0985. The van der Waals surface area contributed by atoms with Crippen molar-refractivity contribution in [1.29, 1.82) is 0 Å². The highest BCUT2D eigenvalue weighted by molar-refractivity contribution is 7.90. The lowest BCUT2D eigenvalue weighted by Crippen LogP contribution is -2.21. The number of rotatable bonds is 2. The maximum atomic E-state index is 11.9. The van der Waals surface area contributed by atoms with E-state index in [1.807, 2.05) is 35.1 Å². The van der Waals surface area contributed by atoms with Crippen LogP contribution in [0.5, 0.6) is 0 Å². The minimum Gasteiger partial charge on any atom is -0.354 e. The van der Waals surface area contributed by atoms with Crippen LogP contribution in [0.3, 0.4) is 0 Å². The van der Waals surface area contributed by atoms with E-state index in [-0.39, 0.29) is 10.5 Å². The first-order valence-corrected chi connectivity index (χ1v) is 7.08. The number of para-hydroxylation sites is 1. The van der Waals surface area contributed by atoms with E-state index in [9.17, 15) is 13.2 Å². The van der Waals surface area contributed by atoms with Crippen molar-refractivity contribution in [2.24, 2.45) is 0 Å². The van der Waals surface area contributed by atoms with Gasteiger partial charge in [-0.1, -0.05) is 24.3 Å². The molecule has 2 aromatic carbocycles. The Morgan fingerprint density at radius 2 is 1.68 bits per heavy atom. The average molecular weight is 274 g/mol. The predicted octanol–water partition coefficient (Wildman–Crippen LogP) is 1.86. The molecule has 0 aliphatic carbocycles. The van der Waals surface area contributed by atoms with Crippen molar-refractivity contribution in [2.45, 2.75) is 4.90 Å². The van der Waals surface area contributed by atoms with Crippen LogP contribution in [0.4, 0.5) is 11.4 Å². The van der Waals surface area contributed by atoms with Gasteiger partial charge in [0, 0.05) is 5.69 Å². The number of sulfonamides is 1. The van der Waals surface area contributed by atoms with E-state index in [1.54, 1.807) is 12.1 Å². The van der Waals surface area contributed by atoms with Crippen LogP contribution in [0.1, 0.15) is 10.4 Å². The number of amides is 1. The van der Waals surface area contributed by atoms with Gasteiger partial charge in [-0.3, -0.25) is 4.79 Å². The van der Waals surface area contributed by atoms with E-state index in [0.29, 0.717) is 5.69 Å². The molecule has 1 amide bonds. The molecule has 0 radical (unpaired) electrons. The molecule has 1 aliphatic rings. The Balaban J connectivity index is 2.13. The van der Waals surface area contributed by atoms with Gasteiger partial charge in [0.25, 0.3) is 15.9 Å². The molecule has 2 aromatic rings. The Morgan fingerprint density at radius 1 is 0.947 bits per heavy atom. The number of hydrogen-bond donors (Lipinski definition) is 2. The van der Waals surface area contributed by atoms with E-state index in [4.69, 9.17) is 0 Å². The summed E-state index contributed by atoms with van der Waals surface area (Å²) in [6, 6.07) is 13.9. The van der Waals surface area contributed by atoms with Crippen molar-refractivity contribution in [3.8, 4) is 0 Å². The van der Waals surface area contributed by atoms with Crippen LogP contribution < -0.4 is 10.0 Å². The highest BCUT2D eigenvalue weighted by Crippen LogP contribution is 2.31. The molecule has 1 aliphatic heterocycles. The van der Waals surface area contributed by atoms with Gasteiger partial charge in [0.15, 0.2) is 0 Å². The van der Waals surface area contributed by atoms with Crippen molar-refractivity contribution >= 4 is 27.3 Å². The molecule has 0 aromatic heterocycles. The molecule has 3 rings (SSSR count). The summed E-state index contributed by atoms with van der Waals surface area (Å²) in [5, 5.41) is 3.01. The minimum atomic E-state index is -3.77. The molecule has 0 bridgehead atoms. The maximum Gasteiger partial charge on any atom is 0.267 e. The van der Waals surface area contributed by atoms with Crippen LogP contribution in [0, 0.1) is 0 Å². The standard InChI is InChI=1S/C13H10N2O3S/c16-13-10-7-4-8-11(12(10)19(17,18)15-13)14-9-5-2-1-3-6-9/h1-8,14H,(H,15,16). The SMILES string of the molecule is O=C1NS(=O)(=O)c2c(Nc3ccccc3)cccc21. The van der Waals surface area contributed by atoms with Gasteiger partial charge in [0.2, 0.25) is 0 Å². The molecule has 0 saturated heterocycles. The summed E-state index contributed by atoms with van der Waals surface area (Å²) in [5.74, 6) is -0.591. The van der Waals surface area contributed by atoms with Crippen LogP contribution in [0.15, 0.2) is 53.4 Å². The molecule has 19 heavy (non-hydrogen) atoms. The number of benzene rings is 2. The lowest BCUT2D eigenvalue weighted by Gasteiger charge is -2.09. The van der Waals surface area contributed by atoms with Crippen molar-refractivity contribution in [3.63, 3.8) is 0 Å². The molecule has 0 spiro atoms. The monoisotopic (exact) mass is 274 g/mol. The minimum absolute atomic E-state index is 0.00357. The second-order valence-corrected chi connectivity index (χ2v) is 5.73. The summed E-state index contributed by atoms with van der Waals surface area (Å²) in [6.07, 6.45) is 0. The number of fused-ring (bicyclic) bond motifs is 1. The fourth-order valence-electron chi connectivity index (χ4n) is 2.01. The predicted molar refractivity (Wildman–Crippen MR) is 70.8 cm³/mol. The van der Waals surface area contributed by atoms with Crippen molar-refractivity contribution in [3.05, 3.63) is 54.1 Å². The van der Waals surface area contributed by atoms with Gasteiger partial charge in [-0.15, -0.1) is 0 Å². The summed E-state index contributed by atoms with van der Waals surface area (Å²) in [7, 11) is -3.77. The number of anilines is 2. The lowest BCUT2D eigenvalue weighted by atomic mass is 10.2. The van der Waals surface area contributed by atoms with Gasteiger partial charge in [0.05, 0.1) is 11.3 Å². The van der Waals surface area contributed by atoms with Gasteiger partial charge in [-0.05, 0) is 24.3 Å². The highest BCUT2D eigenvalue weighted by Gasteiger charge is 2.34. The normalized spacial score (nSPS) is 15.7. The van der Waals surface area contributed by atoms with Crippen LogP contribution in [-0.2, 0) is 10.0 Å². The molecular formula is C13H10N2O3S. The zero-order valence-corrected chi connectivity index (χ0v) is 10.6. The molecule has 0 atom stereocenters. The number of nitrogens with one attached hydrogen (secondary N) is 2. The number of carbonyl (C=O) groups is 1. The number of carbonyl (C=O) groups excluding carboxylic acids is 1. The van der Waals surface area contributed by atoms with E-state index >= 15 is 0 Å². The van der Waals surface area contributed by atoms with E-state index < -0.39 is 15.9 Å². The maximum absolute atomic E-state index is 11.9. The molecule has 96 valence electrons. The van der Waals surface area contributed by atoms with E-state index in [0.717, 1.165) is 5.69 Å². The average Bonchev–Trinajstić information content (AvgIpc) is 2.62. The summed E-state index contributed by atoms with van der Waals surface area (Å²) < 4.78 is 25.8. The third-order valence-corrected chi connectivity index (χ3v) is 4.24. The molecule has 1 heterocycles. The zero-order chi connectivity index (χ0) is 13.5. The first-order chi connectivity index (χ1) is 9.08. The smallest absolute Gasteiger partial charge is 0.267 e. The largest absolute Gasteiger partial charge is 0.354 e. The first kappa shape index (κ1) is 11.7. The van der Waals surface area contributed by atoms with E-state index in [1.165, 1.54) is 6.07 Å². The summed E-state index contributed by atoms with van der Waals surface area (Å²) in [4.78, 5) is 11.6. The van der Waals surface area contributed by atoms with Gasteiger partial charge in [-0.2, -0.15) is 0 Å². The highest BCUT2D eigenvalue weighted by atomic mass is 32.2. The third-order valence-electron chi connectivity index (χ3n) is 2.81. The van der Waals surface area contributed by atoms with Crippen LogP contribution in [-0.4, -0.2) is 14.3 Å². The zero-order valence-electron chi connectivity index (χ0n) is 9.75. The third kappa shape index (κ3) is 1.96. The second kappa shape index (κ2) is 4.10.